The minimum absolute atomic E-state index is 0.0130. The number of aromatic hydroxyl groups is 1. The largest absolute Gasteiger partial charge is 0.502 e. The summed E-state index contributed by atoms with van der Waals surface area (Å²) in [5.74, 6) is 1.53. The molecular weight excluding hydrogens is 354 g/mol. The summed E-state index contributed by atoms with van der Waals surface area (Å²) in [5.41, 5.74) is 6.30. The van der Waals surface area contributed by atoms with E-state index >= 15 is 0 Å². The second-order valence-electron chi connectivity index (χ2n) is 7.16. The van der Waals surface area contributed by atoms with Crippen LogP contribution in [0.1, 0.15) is 17.7 Å². The Bertz CT molecular complexity index is 1000. The van der Waals surface area contributed by atoms with Crippen LogP contribution >= 0.6 is 0 Å². The van der Waals surface area contributed by atoms with E-state index in [9.17, 15) is 5.11 Å². The van der Waals surface area contributed by atoms with Crippen molar-refractivity contribution >= 4 is 5.69 Å². The molecule has 2 N–H and O–H groups in total. The third-order valence-corrected chi connectivity index (χ3v) is 5.34. The second kappa shape index (κ2) is 7.11. The van der Waals surface area contributed by atoms with Crippen LogP contribution in [0.15, 0.2) is 30.3 Å². The molecule has 0 saturated heterocycles. The van der Waals surface area contributed by atoms with Gasteiger partial charge in [-0.2, -0.15) is 0 Å². The highest BCUT2D eigenvalue weighted by atomic mass is 16.5. The van der Waals surface area contributed by atoms with E-state index in [1.807, 2.05) is 6.92 Å². The third-order valence-electron chi connectivity index (χ3n) is 5.34. The fraction of sp³-hybridized carbons (Fsp3) is 0.318. The number of imidazole rings is 1. The highest BCUT2D eigenvalue weighted by Gasteiger charge is 2.18. The summed E-state index contributed by atoms with van der Waals surface area (Å²) in [5, 5.41) is 10.2. The first-order chi connectivity index (χ1) is 13.5. The highest BCUT2D eigenvalue weighted by molar-refractivity contribution is 5.73. The molecule has 0 saturated carbocycles. The first kappa shape index (κ1) is 18.2. The molecule has 1 aromatic heterocycles. The molecule has 0 amide bonds. The molecule has 28 heavy (non-hydrogen) atoms. The standard InChI is InChI=1S/C22H25N3O3/c1-13-20(16-11-18(27-3)21(26)19(12-16)28-4)24-22(23-13)15-7-8-17-14(10-15)6-5-9-25(17)2/h7-8,10-12,26H,5-6,9H2,1-4H3,(H,23,24). The van der Waals surface area contributed by atoms with Gasteiger partial charge in [0.2, 0.25) is 5.75 Å². The number of aryl methyl sites for hydroxylation is 2. The molecule has 1 aliphatic heterocycles. The Kier molecular flexibility index (Phi) is 4.63. The van der Waals surface area contributed by atoms with Gasteiger partial charge in [-0.15, -0.1) is 0 Å². The minimum atomic E-state index is -0.0130. The summed E-state index contributed by atoms with van der Waals surface area (Å²) in [7, 11) is 5.18. The number of hydrogen-bond acceptors (Lipinski definition) is 5. The molecule has 0 unspecified atom stereocenters. The number of benzene rings is 2. The molecule has 146 valence electrons. The fourth-order valence-corrected chi connectivity index (χ4v) is 3.84. The van der Waals surface area contributed by atoms with Gasteiger partial charge in [0, 0.05) is 36.1 Å². The van der Waals surface area contributed by atoms with E-state index in [0.29, 0.717) is 11.5 Å². The summed E-state index contributed by atoms with van der Waals surface area (Å²) >= 11 is 0. The Morgan fingerprint density at radius 2 is 1.79 bits per heavy atom. The topological polar surface area (TPSA) is 70.6 Å². The lowest BCUT2D eigenvalue weighted by Crippen LogP contribution is -2.24. The Morgan fingerprint density at radius 3 is 2.46 bits per heavy atom. The van der Waals surface area contributed by atoms with Crippen molar-refractivity contribution in [2.45, 2.75) is 19.8 Å². The van der Waals surface area contributed by atoms with Gasteiger partial charge in [0.15, 0.2) is 11.5 Å². The number of hydrogen-bond donors (Lipinski definition) is 2. The summed E-state index contributed by atoms with van der Waals surface area (Å²) in [6.45, 7) is 3.09. The van der Waals surface area contributed by atoms with E-state index in [1.54, 1.807) is 12.1 Å². The van der Waals surface area contributed by atoms with Gasteiger partial charge in [-0.3, -0.25) is 0 Å². The summed E-state index contributed by atoms with van der Waals surface area (Å²) in [4.78, 5) is 10.5. The molecule has 6 nitrogen and oxygen atoms in total. The first-order valence-corrected chi connectivity index (χ1v) is 9.38. The average Bonchev–Trinajstić information content (AvgIpc) is 3.10. The number of aromatic amines is 1. The molecule has 2 heterocycles. The number of anilines is 1. The molecule has 0 bridgehead atoms. The molecule has 6 heteroatoms. The molecule has 4 rings (SSSR count). The molecule has 0 atom stereocenters. The normalized spacial score (nSPS) is 13.4. The number of rotatable bonds is 4. The fourth-order valence-electron chi connectivity index (χ4n) is 3.84. The number of nitrogens with one attached hydrogen (secondary N) is 1. The van der Waals surface area contributed by atoms with Crippen LogP contribution in [-0.2, 0) is 6.42 Å². The van der Waals surface area contributed by atoms with E-state index in [1.165, 1.54) is 31.9 Å². The van der Waals surface area contributed by atoms with Gasteiger partial charge in [-0.1, -0.05) is 0 Å². The number of H-pyrrole nitrogens is 1. The maximum Gasteiger partial charge on any atom is 0.200 e. The van der Waals surface area contributed by atoms with Gasteiger partial charge in [0.1, 0.15) is 5.82 Å². The highest BCUT2D eigenvalue weighted by Crippen LogP contribution is 2.41. The van der Waals surface area contributed by atoms with Crippen LogP contribution in [0.2, 0.25) is 0 Å². The molecule has 2 aromatic carbocycles. The van der Waals surface area contributed by atoms with Gasteiger partial charge in [0.25, 0.3) is 0 Å². The average molecular weight is 379 g/mol. The lowest BCUT2D eigenvalue weighted by atomic mass is 9.99. The van der Waals surface area contributed by atoms with Gasteiger partial charge < -0.3 is 24.5 Å². The van der Waals surface area contributed by atoms with Crippen molar-refractivity contribution in [3.8, 4) is 39.9 Å². The molecule has 0 radical (unpaired) electrons. The van der Waals surface area contributed by atoms with Crippen LogP contribution in [0, 0.1) is 6.92 Å². The number of phenolic OH excluding ortho intramolecular Hbond substituents is 1. The van der Waals surface area contributed by atoms with Crippen LogP contribution in [0.25, 0.3) is 22.6 Å². The SMILES string of the molecule is COc1cc(-c2nc(-c3ccc4c(c3)CCCN4C)[nH]c2C)cc(OC)c1O. The number of nitrogens with zero attached hydrogens (tertiary/aromatic N) is 2. The molecule has 1 aliphatic rings. The van der Waals surface area contributed by atoms with Gasteiger partial charge >= 0.3 is 0 Å². The van der Waals surface area contributed by atoms with Gasteiger partial charge in [-0.25, -0.2) is 4.98 Å². The van der Waals surface area contributed by atoms with Crippen LogP contribution < -0.4 is 14.4 Å². The predicted molar refractivity (Wildman–Crippen MR) is 111 cm³/mol. The maximum absolute atomic E-state index is 10.2. The van der Waals surface area contributed by atoms with Crippen LogP contribution in [0.5, 0.6) is 17.2 Å². The zero-order chi connectivity index (χ0) is 19.8. The van der Waals surface area contributed by atoms with Crippen molar-refractivity contribution in [3.05, 3.63) is 41.6 Å². The zero-order valence-electron chi connectivity index (χ0n) is 16.7. The molecule has 3 aromatic rings. The van der Waals surface area contributed by atoms with Crippen molar-refractivity contribution in [2.75, 3.05) is 32.7 Å². The van der Waals surface area contributed by atoms with E-state index in [0.717, 1.165) is 41.3 Å². The Morgan fingerprint density at radius 1 is 1.07 bits per heavy atom. The lowest BCUT2D eigenvalue weighted by Gasteiger charge is -2.27. The molecular formula is C22H25N3O3. The Labute approximate surface area is 164 Å². The van der Waals surface area contributed by atoms with Crippen LogP contribution in [0.3, 0.4) is 0 Å². The number of fused-ring (bicyclic) bond motifs is 1. The molecule has 0 spiro atoms. The summed E-state index contributed by atoms with van der Waals surface area (Å²) in [6, 6.07) is 10.1. The van der Waals surface area contributed by atoms with E-state index in [-0.39, 0.29) is 5.75 Å². The van der Waals surface area contributed by atoms with Crippen LogP contribution in [-0.4, -0.2) is 42.9 Å². The summed E-state index contributed by atoms with van der Waals surface area (Å²) < 4.78 is 10.6. The molecule has 0 aliphatic carbocycles. The van der Waals surface area contributed by atoms with Crippen LogP contribution in [0.4, 0.5) is 5.69 Å². The number of ether oxygens (including phenoxy) is 2. The minimum Gasteiger partial charge on any atom is -0.502 e. The monoisotopic (exact) mass is 379 g/mol. The van der Waals surface area contributed by atoms with E-state index < -0.39 is 0 Å². The number of methoxy groups -OCH3 is 2. The second-order valence-corrected chi connectivity index (χ2v) is 7.16. The first-order valence-electron chi connectivity index (χ1n) is 9.38. The Balaban J connectivity index is 1.76. The van der Waals surface area contributed by atoms with Crippen molar-refractivity contribution in [2.24, 2.45) is 0 Å². The number of aromatic nitrogens is 2. The Hall–Kier alpha value is -3.15. The van der Waals surface area contributed by atoms with Gasteiger partial charge in [-0.05, 0) is 55.7 Å². The van der Waals surface area contributed by atoms with Crippen molar-refractivity contribution in [3.63, 3.8) is 0 Å². The van der Waals surface area contributed by atoms with Crippen molar-refractivity contribution in [1.82, 2.24) is 9.97 Å². The maximum atomic E-state index is 10.2. The molecule has 0 fully saturated rings. The smallest absolute Gasteiger partial charge is 0.200 e. The third kappa shape index (κ3) is 3.05. The summed E-state index contributed by atoms with van der Waals surface area (Å²) in [6.07, 6.45) is 2.26. The van der Waals surface area contributed by atoms with Crippen molar-refractivity contribution in [1.29, 1.82) is 0 Å². The quantitative estimate of drug-likeness (QED) is 0.712. The number of phenols is 1. The van der Waals surface area contributed by atoms with E-state index in [4.69, 9.17) is 14.5 Å². The van der Waals surface area contributed by atoms with Gasteiger partial charge in [0.05, 0.1) is 19.9 Å². The van der Waals surface area contributed by atoms with Crippen molar-refractivity contribution < 1.29 is 14.6 Å². The van der Waals surface area contributed by atoms with E-state index in [2.05, 4.69) is 35.1 Å². The zero-order valence-corrected chi connectivity index (χ0v) is 16.7. The lowest BCUT2D eigenvalue weighted by molar-refractivity contribution is 0.340. The predicted octanol–water partition coefficient (Wildman–Crippen LogP) is 4.16.